The summed E-state index contributed by atoms with van der Waals surface area (Å²) in [6, 6.07) is 5.50. The first-order valence-corrected chi connectivity index (χ1v) is 7.49. The van der Waals surface area contributed by atoms with Gasteiger partial charge in [-0.1, -0.05) is 6.07 Å². The third-order valence-electron chi connectivity index (χ3n) is 3.42. The van der Waals surface area contributed by atoms with Gasteiger partial charge in [-0.05, 0) is 25.8 Å². The Morgan fingerprint density at radius 3 is 2.78 bits per heavy atom. The molecular formula is C15H19N3O5. The maximum absolute atomic E-state index is 12.3. The number of nitro benzene ring substituents is 1. The van der Waals surface area contributed by atoms with Gasteiger partial charge in [-0.2, -0.15) is 0 Å². The van der Waals surface area contributed by atoms with Crippen molar-refractivity contribution in [3.63, 3.8) is 0 Å². The molecule has 1 aromatic carbocycles. The van der Waals surface area contributed by atoms with Gasteiger partial charge in [0.15, 0.2) is 0 Å². The van der Waals surface area contributed by atoms with Crippen molar-refractivity contribution >= 4 is 23.4 Å². The van der Waals surface area contributed by atoms with E-state index in [0.29, 0.717) is 12.3 Å². The predicted octanol–water partition coefficient (Wildman–Crippen LogP) is 2.54. The van der Waals surface area contributed by atoms with E-state index in [0.717, 1.165) is 12.8 Å². The Bertz CT molecular complexity index is 601. The number of hydrogen-bond acceptors (Lipinski definition) is 5. The van der Waals surface area contributed by atoms with Crippen molar-refractivity contribution in [1.29, 1.82) is 0 Å². The second-order valence-electron chi connectivity index (χ2n) is 5.22. The lowest BCUT2D eigenvalue weighted by molar-refractivity contribution is -0.384. The van der Waals surface area contributed by atoms with Crippen LogP contribution in [0.2, 0.25) is 0 Å². The largest absolute Gasteiger partial charge is 0.466 e. The fourth-order valence-electron chi connectivity index (χ4n) is 2.17. The molecule has 1 fully saturated rings. The number of amides is 2. The van der Waals surface area contributed by atoms with Crippen molar-refractivity contribution in [2.45, 2.75) is 32.2 Å². The van der Waals surface area contributed by atoms with Crippen molar-refractivity contribution in [3.8, 4) is 0 Å². The van der Waals surface area contributed by atoms with E-state index in [9.17, 15) is 19.7 Å². The maximum atomic E-state index is 12.3. The number of esters is 1. The van der Waals surface area contributed by atoms with E-state index in [-0.39, 0.29) is 36.7 Å². The molecule has 8 heteroatoms. The van der Waals surface area contributed by atoms with Crippen molar-refractivity contribution < 1.29 is 19.2 Å². The summed E-state index contributed by atoms with van der Waals surface area (Å²) in [5.74, 6) is -0.346. The number of carbonyl (C=O) groups is 2. The van der Waals surface area contributed by atoms with Gasteiger partial charge in [-0.3, -0.25) is 14.9 Å². The lowest BCUT2D eigenvalue weighted by Crippen LogP contribution is -2.38. The van der Waals surface area contributed by atoms with E-state index in [4.69, 9.17) is 4.74 Å². The summed E-state index contributed by atoms with van der Waals surface area (Å²) in [6.45, 7) is 2.30. The minimum atomic E-state index is -0.519. The van der Waals surface area contributed by atoms with Gasteiger partial charge >= 0.3 is 12.0 Å². The van der Waals surface area contributed by atoms with E-state index in [1.807, 2.05) is 0 Å². The molecule has 1 aliphatic carbocycles. The highest BCUT2D eigenvalue weighted by Gasteiger charge is 2.33. The fourth-order valence-corrected chi connectivity index (χ4v) is 2.17. The second-order valence-corrected chi connectivity index (χ2v) is 5.22. The molecule has 0 bridgehead atoms. The van der Waals surface area contributed by atoms with Crippen LogP contribution < -0.4 is 5.32 Å². The number of urea groups is 1. The Hall–Kier alpha value is -2.64. The molecule has 0 saturated heterocycles. The summed E-state index contributed by atoms with van der Waals surface area (Å²) in [7, 11) is 0. The first-order valence-electron chi connectivity index (χ1n) is 7.49. The molecule has 0 radical (unpaired) electrons. The summed E-state index contributed by atoms with van der Waals surface area (Å²) in [5, 5.41) is 13.4. The predicted molar refractivity (Wildman–Crippen MR) is 83.1 cm³/mol. The third kappa shape index (κ3) is 4.94. The number of carbonyl (C=O) groups excluding carboxylic acids is 2. The molecule has 124 valence electrons. The van der Waals surface area contributed by atoms with E-state index in [2.05, 4.69) is 5.32 Å². The molecule has 0 aliphatic heterocycles. The van der Waals surface area contributed by atoms with Crippen molar-refractivity contribution in [1.82, 2.24) is 4.90 Å². The zero-order valence-corrected chi connectivity index (χ0v) is 12.9. The number of nitrogens with zero attached hydrogens (tertiary/aromatic N) is 2. The number of ether oxygens (including phenoxy) is 1. The molecule has 8 nitrogen and oxygen atoms in total. The number of anilines is 1. The standard InChI is InChI=1S/C15H19N3O5/c1-2-23-14(19)8-9-17(12-6-7-12)15(20)16-11-4-3-5-13(10-11)18(21)22/h3-5,10,12H,2,6-9H2,1H3,(H,16,20). The smallest absolute Gasteiger partial charge is 0.322 e. The first kappa shape index (κ1) is 16.7. The molecular weight excluding hydrogens is 302 g/mol. The second kappa shape index (κ2) is 7.57. The van der Waals surface area contributed by atoms with Gasteiger partial charge in [-0.15, -0.1) is 0 Å². The molecule has 0 unspecified atom stereocenters. The SMILES string of the molecule is CCOC(=O)CCN(C(=O)Nc1cccc([N+](=O)[O-])c1)C1CC1. The summed E-state index contributed by atoms with van der Waals surface area (Å²) in [5.41, 5.74) is 0.262. The average Bonchev–Trinajstić information content (AvgIpc) is 3.32. The number of benzene rings is 1. The van der Waals surface area contributed by atoms with Gasteiger partial charge < -0.3 is 15.0 Å². The van der Waals surface area contributed by atoms with Gasteiger partial charge in [-0.25, -0.2) is 4.79 Å². The van der Waals surface area contributed by atoms with Crippen LogP contribution in [0.25, 0.3) is 0 Å². The van der Waals surface area contributed by atoms with E-state index in [1.54, 1.807) is 17.9 Å². The molecule has 1 N–H and O–H groups in total. The van der Waals surface area contributed by atoms with Crippen LogP contribution in [0.4, 0.5) is 16.2 Å². The number of nitrogens with one attached hydrogen (secondary N) is 1. The number of hydrogen-bond donors (Lipinski definition) is 1. The highest BCUT2D eigenvalue weighted by molar-refractivity contribution is 5.90. The van der Waals surface area contributed by atoms with Crippen molar-refractivity contribution in [2.75, 3.05) is 18.5 Å². The zero-order chi connectivity index (χ0) is 16.8. The molecule has 2 amide bonds. The zero-order valence-electron chi connectivity index (χ0n) is 12.9. The number of non-ortho nitro benzene ring substituents is 1. The average molecular weight is 321 g/mol. The van der Waals surface area contributed by atoms with E-state index >= 15 is 0 Å². The Labute approximate surface area is 133 Å². The Morgan fingerprint density at radius 1 is 1.43 bits per heavy atom. The quantitative estimate of drug-likeness (QED) is 0.472. The molecule has 1 aromatic rings. The summed E-state index contributed by atoms with van der Waals surface area (Å²) in [4.78, 5) is 35.6. The van der Waals surface area contributed by atoms with Crippen molar-refractivity contribution in [2.24, 2.45) is 0 Å². The normalized spacial score (nSPS) is 13.3. The van der Waals surface area contributed by atoms with Crippen LogP contribution in [0.15, 0.2) is 24.3 Å². The Morgan fingerprint density at radius 2 is 2.17 bits per heavy atom. The molecule has 23 heavy (non-hydrogen) atoms. The lowest BCUT2D eigenvalue weighted by atomic mass is 10.3. The van der Waals surface area contributed by atoms with Gasteiger partial charge in [0.25, 0.3) is 5.69 Å². The Balaban J connectivity index is 1.97. The number of rotatable bonds is 7. The molecule has 1 aliphatic rings. The van der Waals surface area contributed by atoms with Gasteiger partial charge in [0.1, 0.15) is 0 Å². The first-order chi connectivity index (χ1) is 11.0. The molecule has 0 heterocycles. The van der Waals surface area contributed by atoms with Gasteiger partial charge in [0, 0.05) is 30.4 Å². The summed E-state index contributed by atoms with van der Waals surface area (Å²) < 4.78 is 4.86. The lowest BCUT2D eigenvalue weighted by Gasteiger charge is -2.22. The van der Waals surface area contributed by atoms with E-state index in [1.165, 1.54) is 18.2 Å². The van der Waals surface area contributed by atoms with Gasteiger partial charge in [0.2, 0.25) is 0 Å². The molecule has 0 aromatic heterocycles. The van der Waals surface area contributed by atoms with Crippen LogP contribution in [0.5, 0.6) is 0 Å². The van der Waals surface area contributed by atoms with Crippen LogP contribution in [0, 0.1) is 10.1 Å². The molecule has 2 rings (SSSR count). The van der Waals surface area contributed by atoms with E-state index < -0.39 is 4.92 Å². The highest BCUT2D eigenvalue weighted by Crippen LogP contribution is 2.28. The monoisotopic (exact) mass is 321 g/mol. The maximum Gasteiger partial charge on any atom is 0.322 e. The molecule has 0 spiro atoms. The summed E-state index contributed by atoms with van der Waals surface area (Å²) in [6.07, 6.45) is 1.92. The minimum absolute atomic E-state index is 0.0905. The topological polar surface area (TPSA) is 102 Å². The summed E-state index contributed by atoms with van der Waals surface area (Å²) >= 11 is 0. The fraction of sp³-hybridized carbons (Fsp3) is 0.467. The van der Waals surface area contributed by atoms with Crippen LogP contribution >= 0.6 is 0 Å². The van der Waals surface area contributed by atoms with Crippen LogP contribution in [-0.4, -0.2) is 41.0 Å². The molecule has 0 atom stereocenters. The van der Waals surface area contributed by atoms with Crippen molar-refractivity contribution in [3.05, 3.63) is 34.4 Å². The van der Waals surface area contributed by atoms with Crippen LogP contribution in [0.3, 0.4) is 0 Å². The van der Waals surface area contributed by atoms with Crippen LogP contribution in [-0.2, 0) is 9.53 Å². The minimum Gasteiger partial charge on any atom is -0.466 e. The highest BCUT2D eigenvalue weighted by atomic mass is 16.6. The molecule has 1 saturated carbocycles. The number of nitro groups is 1. The van der Waals surface area contributed by atoms with Gasteiger partial charge in [0.05, 0.1) is 18.0 Å². The third-order valence-corrected chi connectivity index (χ3v) is 3.42. The Kier molecular flexibility index (Phi) is 5.51. The van der Waals surface area contributed by atoms with Crippen LogP contribution in [0.1, 0.15) is 26.2 Å².